The van der Waals surface area contributed by atoms with Crippen molar-refractivity contribution in [3.63, 3.8) is 0 Å². The predicted molar refractivity (Wildman–Crippen MR) is 75.6 cm³/mol. The quantitative estimate of drug-likeness (QED) is 0.556. The van der Waals surface area contributed by atoms with Gasteiger partial charge < -0.3 is 19.9 Å². The minimum Gasteiger partial charge on any atom is -0.486 e. The fraction of sp³-hybridized carbons (Fsp3) is 0.533. The average molecular weight is 279 g/mol. The lowest BCUT2D eigenvalue weighted by Gasteiger charge is -2.18. The second kappa shape index (κ2) is 7.87. The molecule has 0 aromatic heterocycles. The standard InChI is InChI=1S/C15H21NO4/c17-7-3-1-2-6-16-11-13(18)12-4-5-14-15(10-12)20-9-8-19-14/h4-5,10,16-17H,1-3,6-9,11H2. The Bertz CT molecular complexity index is 447. The number of unbranched alkanes of at least 4 members (excludes halogenated alkanes) is 2. The molecule has 0 fully saturated rings. The third-order valence-electron chi connectivity index (χ3n) is 3.16. The number of hydrogen-bond acceptors (Lipinski definition) is 5. The molecule has 0 saturated heterocycles. The van der Waals surface area contributed by atoms with Crippen LogP contribution in [0.25, 0.3) is 0 Å². The van der Waals surface area contributed by atoms with Crippen LogP contribution >= 0.6 is 0 Å². The summed E-state index contributed by atoms with van der Waals surface area (Å²) in [5.74, 6) is 1.39. The number of fused-ring (bicyclic) bond motifs is 1. The van der Waals surface area contributed by atoms with E-state index in [0.717, 1.165) is 25.8 Å². The predicted octanol–water partition coefficient (Wildman–Crippen LogP) is 1.39. The van der Waals surface area contributed by atoms with Crippen LogP contribution in [0.2, 0.25) is 0 Å². The van der Waals surface area contributed by atoms with Crippen molar-refractivity contribution in [1.82, 2.24) is 5.32 Å². The number of rotatable bonds is 8. The molecule has 1 aromatic rings. The highest BCUT2D eigenvalue weighted by Crippen LogP contribution is 2.30. The molecule has 1 aliphatic heterocycles. The maximum Gasteiger partial charge on any atom is 0.176 e. The molecule has 5 heteroatoms. The molecule has 1 heterocycles. The average Bonchev–Trinajstić information content (AvgIpc) is 2.50. The van der Waals surface area contributed by atoms with Gasteiger partial charge in [0.1, 0.15) is 13.2 Å². The van der Waals surface area contributed by atoms with E-state index in [2.05, 4.69) is 5.32 Å². The third kappa shape index (κ3) is 4.21. The van der Waals surface area contributed by atoms with E-state index in [1.165, 1.54) is 0 Å². The van der Waals surface area contributed by atoms with E-state index < -0.39 is 0 Å². The number of ether oxygens (including phenoxy) is 2. The van der Waals surface area contributed by atoms with Gasteiger partial charge in [0, 0.05) is 12.2 Å². The minimum absolute atomic E-state index is 0.0455. The fourth-order valence-electron chi connectivity index (χ4n) is 2.06. The van der Waals surface area contributed by atoms with Crippen LogP contribution in [0.4, 0.5) is 0 Å². The van der Waals surface area contributed by atoms with Crippen LogP contribution in [0.3, 0.4) is 0 Å². The Hall–Kier alpha value is -1.59. The van der Waals surface area contributed by atoms with Gasteiger partial charge in [0.2, 0.25) is 0 Å². The van der Waals surface area contributed by atoms with Gasteiger partial charge in [-0.25, -0.2) is 0 Å². The summed E-state index contributed by atoms with van der Waals surface area (Å²) in [6, 6.07) is 5.29. The summed E-state index contributed by atoms with van der Waals surface area (Å²) in [4.78, 5) is 12.0. The number of nitrogens with one attached hydrogen (secondary N) is 1. The summed E-state index contributed by atoms with van der Waals surface area (Å²) in [7, 11) is 0. The second-order valence-corrected chi connectivity index (χ2v) is 4.74. The molecule has 0 unspecified atom stereocenters. The molecule has 110 valence electrons. The summed E-state index contributed by atoms with van der Waals surface area (Å²) in [6.45, 7) is 2.41. The van der Waals surface area contributed by atoms with E-state index in [4.69, 9.17) is 14.6 Å². The number of carbonyl (C=O) groups excluding carboxylic acids is 1. The molecule has 5 nitrogen and oxygen atoms in total. The molecule has 0 radical (unpaired) electrons. The van der Waals surface area contributed by atoms with Crippen LogP contribution in [0.1, 0.15) is 29.6 Å². The number of carbonyl (C=O) groups is 1. The van der Waals surface area contributed by atoms with E-state index in [1.807, 2.05) is 0 Å². The molecule has 0 spiro atoms. The highest BCUT2D eigenvalue weighted by Gasteiger charge is 2.14. The second-order valence-electron chi connectivity index (χ2n) is 4.74. The monoisotopic (exact) mass is 279 g/mol. The number of benzene rings is 1. The number of ketones is 1. The molecule has 0 atom stereocenters. The van der Waals surface area contributed by atoms with Gasteiger partial charge in [0.25, 0.3) is 0 Å². The Kier molecular flexibility index (Phi) is 5.83. The SMILES string of the molecule is O=C(CNCCCCCO)c1ccc2c(c1)OCCO2. The number of aliphatic hydroxyl groups excluding tert-OH is 1. The van der Waals surface area contributed by atoms with Crippen molar-refractivity contribution in [2.75, 3.05) is 32.9 Å². The van der Waals surface area contributed by atoms with Crippen molar-refractivity contribution in [2.45, 2.75) is 19.3 Å². The van der Waals surface area contributed by atoms with E-state index in [9.17, 15) is 4.79 Å². The molecule has 2 N–H and O–H groups in total. The van der Waals surface area contributed by atoms with Crippen molar-refractivity contribution in [3.8, 4) is 11.5 Å². The molecule has 20 heavy (non-hydrogen) atoms. The molecule has 2 rings (SSSR count). The maximum atomic E-state index is 12.0. The first-order valence-corrected chi connectivity index (χ1v) is 7.05. The topological polar surface area (TPSA) is 67.8 Å². The summed E-state index contributed by atoms with van der Waals surface area (Å²) in [5, 5.41) is 11.8. The van der Waals surface area contributed by atoms with Crippen LogP contribution < -0.4 is 14.8 Å². The number of hydrogen-bond donors (Lipinski definition) is 2. The minimum atomic E-state index is 0.0455. The molecular weight excluding hydrogens is 258 g/mol. The van der Waals surface area contributed by atoms with E-state index in [-0.39, 0.29) is 12.4 Å². The zero-order valence-corrected chi connectivity index (χ0v) is 11.6. The van der Waals surface area contributed by atoms with Gasteiger partial charge in [0.05, 0.1) is 6.54 Å². The molecule has 0 bridgehead atoms. The summed E-state index contributed by atoms with van der Waals surface area (Å²) in [6.07, 6.45) is 2.76. The lowest BCUT2D eigenvalue weighted by Crippen LogP contribution is -2.24. The summed E-state index contributed by atoms with van der Waals surface area (Å²) >= 11 is 0. The zero-order valence-electron chi connectivity index (χ0n) is 11.6. The number of Topliss-reactive ketones (excluding diaryl/α,β-unsaturated/α-hetero) is 1. The lowest BCUT2D eigenvalue weighted by molar-refractivity contribution is 0.0989. The van der Waals surface area contributed by atoms with Crippen LogP contribution in [-0.4, -0.2) is 43.8 Å². The smallest absolute Gasteiger partial charge is 0.176 e. The van der Waals surface area contributed by atoms with Gasteiger partial charge in [-0.05, 0) is 44.0 Å². The van der Waals surface area contributed by atoms with E-state index in [1.54, 1.807) is 18.2 Å². The molecule has 0 saturated carbocycles. The lowest BCUT2D eigenvalue weighted by atomic mass is 10.1. The highest BCUT2D eigenvalue weighted by molar-refractivity contribution is 5.98. The third-order valence-corrected chi connectivity index (χ3v) is 3.16. The van der Waals surface area contributed by atoms with Crippen LogP contribution in [0.15, 0.2) is 18.2 Å². The first-order valence-electron chi connectivity index (χ1n) is 7.05. The van der Waals surface area contributed by atoms with E-state index >= 15 is 0 Å². The first kappa shape index (κ1) is 14.8. The van der Waals surface area contributed by atoms with E-state index in [0.29, 0.717) is 36.8 Å². The van der Waals surface area contributed by atoms with Crippen molar-refractivity contribution < 1.29 is 19.4 Å². The van der Waals surface area contributed by atoms with Gasteiger partial charge in [-0.15, -0.1) is 0 Å². The maximum absolute atomic E-state index is 12.0. The normalized spacial score (nSPS) is 13.2. The van der Waals surface area contributed by atoms with Crippen LogP contribution in [-0.2, 0) is 0 Å². The Morgan fingerprint density at radius 3 is 2.75 bits per heavy atom. The largest absolute Gasteiger partial charge is 0.486 e. The van der Waals surface area contributed by atoms with Gasteiger partial charge in [0.15, 0.2) is 17.3 Å². The van der Waals surface area contributed by atoms with Gasteiger partial charge in [-0.1, -0.05) is 0 Å². The van der Waals surface area contributed by atoms with Crippen molar-refractivity contribution in [1.29, 1.82) is 0 Å². The molecular formula is C15H21NO4. The Balaban J connectivity index is 1.77. The first-order chi connectivity index (χ1) is 9.81. The Morgan fingerprint density at radius 2 is 1.95 bits per heavy atom. The van der Waals surface area contributed by atoms with Gasteiger partial charge in [-0.3, -0.25) is 4.79 Å². The van der Waals surface area contributed by atoms with Gasteiger partial charge >= 0.3 is 0 Å². The summed E-state index contributed by atoms with van der Waals surface area (Å²) in [5.41, 5.74) is 0.636. The van der Waals surface area contributed by atoms with Crippen molar-refractivity contribution in [2.24, 2.45) is 0 Å². The molecule has 1 aliphatic rings. The van der Waals surface area contributed by atoms with Crippen molar-refractivity contribution in [3.05, 3.63) is 23.8 Å². The Labute approximate surface area is 118 Å². The summed E-state index contributed by atoms with van der Waals surface area (Å²) < 4.78 is 10.9. The molecule has 1 aromatic carbocycles. The van der Waals surface area contributed by atoms with Crippen LogP contribution in [0.5, 0.6) is 11.5 Å². The molecule has 0 aliphatic carbocycles. The van der Waals surface area contributed by atoms with Crippen molar-refractivity contribution >= 4 is 5.78 Å². The zero-order chi connectivity index (χ0) is 14.2. The molecule has 0 amide bonds. The van der Waals surface area contributed by atoms with Crippen LogP contribution in [0, 0.1) is 0 Å². The highest BCUT2D eigenvalue weighted by atomic mass is 16.6. The Morgan fingerprint density at radius 1 is 1.15 bits per heavy atom. The fourth-order valence-corrected chi connectivity index (χ4v) is 2.06. The van der Waals surface area contributed by atoms with Gasteiger partial charge in [-0.2, -0.15) is 0 Å². The number of aliphatic hydroxyl groups is 1.